The van der Waals surface area contributed by atoms with Crippen molar-refractivity contribution < 1.29 is 33.8 Å². The van der Waals surface area contributed by atoms with Crippen molar-refractivity contribution in [1.82, 2.24) is 34.2 Å². The molecule has 3 fully saturated rings. The minimum Gasteiger partial charge on any atom is -0.488 e. The number of piperazine rings is 1. The van der Waals surface area contributed by atoms with Crippen LogP contribution in [0.3, 0.4) is 0 Å². The van der Waals surface area contributed by atoms with Gasteiger partial charge in [0.1, 0.15) is 35.7 Å². The van der Waals surface area contributed by atoms with Crippen LogP contribution in [0.4, 0.5) is 28.7 Å². The Hall–Kier alpha value is -7.09. The molecule has 0 saturated carbocycles. The summed E-state index contributed by atoms with van der Waals surface area (Å²) in [6.07, 6.45) is 9.00. The van der Waals surface area contributed by atoms with Gasteiger partial charge in [-0.05, 0) is 98.0 Å². The third kappa shape index (κ3) is 8.03. The Bertz CT molecular complexity index is 3210. The summed E-state index contributed by atoms with van der Waals surface area (Å²) in [4.78, 5) is 98.5. The molecule has 0 radical (unpaired) electrons. The predicted molar refractivity (Wildman–Crippen MR) is 274 cm³/mol. The molecular formula is C53H58ClN11O8. The molecule has 380 valence electrons. The van der Waals surface area contributed by atoms with Gasteiger partial charge in [0.15, 0.2) is 5.75 Å². The molecule has 0 bridgehead atoms. The summed E-state index contributed by atoms with van der Waals surface area (Å²) < 4.78 is 9.99. The number of halogens is 1. The molecular weight excluding hydrogens is 954 g/mol. The highest BCUT2D eigenvalue weighted by molar-refractivity contribution is 6.25. The van der Waals surface area contributed by atoms with Gasteiger partial charge in [-0.1, -0.05) is 13.8 Å². The number of anilines is 5. The highest BCUT2D eigenvalue weighted by atomic mass is 35.5. The van der Waals surface area contributed by atoms with Gasteiger partial charge < -0.3 is 34.1 Å². The number of carbonyl (C=O) groups excluding carboxylic acids is 5. The average Bonchev–Trinajstić information content (AvgIpc) is 3.96. The van der Waals surface area contributed by atoms with Crippen LogP contribution in [-0.4, -0.2) is 127 Å². The van der Waals surface area contributed by atoms with Crippen molar-refractivity contribution in [2.45, 2.75) is 96.6 Å². The minimum absolute atomic E-state index is 0. The Balaban J connectivity index is 0.00000574. The lowest BCUT2D eigenvalue weighted by Gasteiger charge is -2.50. The van der Waals surface area contributed by atoms with E-state index in [2.05, 4.69) is 55.7 Å². The standard InChI is InChI=1S/C53H57N11O8.ClH/c1-29-25-59(32-12-14-61-34(21-32)28-72-46-39(61)7-6-36-45(46)52(71)64(49(36)68)40-8-10-44(66)57-48(40)67)15-16-60(29)33-5-9-43(55-24-33)56-38-19-31(26-58(4)50(38)69)35-11-13-54-47(37(35)27-65)63-18-17-62-41(51(63)70)20-30-22-53(2,3)23-42(30)62;/h5-7,9,11,13,19-20,24,26,29,32,34,40,65H,8,10,12,14-18,21-23,25,27-28H2,1-4H3,(H,55,56)(H,57,66,67);1H/t29-,32-,34+,40?;/m0./s1. The molecule has 1 unspecified atom stereocenters. The van der Waals surface area contributed by atoms with Crippen LogP contribution in [-0.2, 0) is 42.6 Å². The summed E-state index contributed by atoms with van der Waals surface area (Å²) in [7, 11) is 1.68. The highest BCUT2D eigenvalue weighted by Crippen LogP contribution is 2.46. The van der Waals surface area contributed by atoms with E-state index in [9.17, 15) is 33.9 Å². The number of aryl methyl sites for hydroxylation is 1. The van der Waals surface area contributed by atoms with Crippen molar-refractivity contribution in [3.63, 3.8) is 0 Å². The zero-order chi connectivity index (χ0) is 49.9. The number of hydrogen-bond donors (Lipinski definition) is 3. The SMILES string of the molecule is C[C@H]1CN([C@H]2CCN3c4ccc5c(c4OC[C@H]3C2)C(=O)N(C2CCC(=O)NC2=O)C5=O)CCN1c1ccc(Nc2cc(-c3ccnc(N4CCn5c(cc6c5CC(C)(C)C6)C4=O)c3CO)cn(C)c2=O)nc1.Cl. The first kappa shape index (κ1) is 48.2. The number of piperidine rings is 2. The fraction of sp³-hybridized carbons (Fsp3) is 0.434. The Morgan fingerprint density at radius 3 is 2.48 bits per heavy atom. The number of aromatic nitrogens is 4. The van der Waals surface area contributed by atoms with E-state index in [1.807, 2.05) is 30.5 Å². The number of rotatable bonds is 8. The van der Waals surface area contributed by atoms with Crippen molar-refractivity contribution in [3.8, 4) is 16.9 Å². The lowest BCUT2D eigenvalue weighted by atomic mass is 9.90. The van der Waals surface area contributed by atoms with Gasteiger partial charge >= 0.3 is 0 Å². The van der Waals surface area contributed by atoms with Gasteiger partial charge in [-0.2, -0.15) is 0 Å². The van der Waals surface area contributed by atoms with E-state index >= 15 is 0 Å². The van der Waals surface area contributed by atoms with Gasteiger partial charge in [0.05, 0.1) is 41.3 Å². The number of aliphatic hydroxyl groups excluding tert-OH is 1. The normalized spacial score (nSPS) is 23.3. The number of imide groups is 2. The van der Waals surface area contributed by atoms with Crippen molar-refractivity contribution >= 4 is 70.6 Å². The summed E-state index contributed by atoms with van der Waals surface area (Å²) in [5, 5.41) is 16.3. The van der Waals surface area contributed by atoms with E-state index in [1.165, 1.54) is 15.8 Å². The number of fused-ring (bicyclic) bond motifs is 8. The maximum absolute atomic E-state index is 14.0. The van der Waals surface area contributed by atoms with Gasteiger partial charge in [-0.25, -0.2) is 9.97 Å². The lowest BCUT2D eigenvalue weighted by molar-refractivity contribution is -0.136. The molecule has 6 aliphatic heterocycles. The number of ether oxygens (including phenoxy) is 1. The first-order valence-corrected chi connectivity index (χ1v) is 25.0. The Morgan fingerprint density at radius 1 is 0.877 bits per heavy atom. The molecule has 20 heteroatoms. The van der Waals surface area contributed by atoms with Gasteiger partial charge in [0.25, 0.3) is 23.3 Å². The molecule has 4 aromatic heterocycles. The van der Waals surface area contributed by atoms with Crippen LogP contribution in [0.1, 0.15) is 94.5 Å². The molecule has 0 spiro atoms. The number of nitrogens with one attached hydrogen (secondary N) is 2. The fourth-order valence-corrected chi connectivity index (χ4v) is 12.6. The van der Waals surface area contributed by atoms with E-state index in [0.29, 0.717) is 71.2 Å². The van der Waals surface area contributed by atoms with Crippen molar-refractivity contribution in [2.75, 3.05) is 59.3 Å². The molecule has 4 atom stereocenters. The Morgan fingerprint density at radius 2 is 1.71 bits per heavy atom. The predicted octanol–water partition coefficient (Wildman–Crippen LogP) is 4.43. The monoisotopic (exact) mass is 1010 g/mol. The third-order valence-electron chi connectivity index (χ3n) is 16.0. The zero-order valence-corrected chi connectivity index (χ0v) is 42.0. The van der Waals surface area contributed by atoms with Crippen LogP contribution < -0.4 is 35.6 Å². The third-order valence-corrected chi connectivity index (χ3v) is 16.0. The molecule has 73 heavy (non-hydrogen) atoms. The topological polar surface area (TPSA) is 208 Å². The second-order valence-electron chi connectivity index (χ2n) is 21.2. The van der Waals surface area contributed by atoms with E-state index < -0.39 is 29.7 Å². The summed E-state index contributed by atoms with van der Waals surface area (Å²) in [6, 6.07) is 12.5. The molecule has 12 rings (SSSR count). The minimum atomic E-state index is -1.04. The Labute approximate surface area is 427 Å². The lowest BCUT2D eigenvalue weighted by Crippen LogP contribution is -2.59. The van der Waals surface area contributed by atoms with Crippen LogP contribution in [0.15, 0.2) is 65.8 Å². The van der Waals surface area contributed by atoms with Crippen LogP contribution in [0.2, 0.25) is 0 Å². The maximum Gasteiger partial charge on any atom is 0.276 e. The van der Waals surface area contributed by atoms with E-state index in [0.717, 1.165) is 68.1 Å². The largest absolute Gasteiger partial charge is 0.488 e. The quantitative estimate of drug-likeness (QED) is 0.184. The summed E-state index contributed by atoms with van der Waals surface area (Å²) in [6.45, 7) is 11.1. The van der Waals surface area contributed by atoms with Crippen molar-refractivity contribution in [2.24, 2.45) is 12.5 Å². The number of aliphatic hydroxyl groups is 1. The summed E-state index contributed by atoms with van der Waals surface area (Å²) in [5.41, 5.74) is 7.36. The Kier molecular flexibility index (Phi) is 12.0. The van der Waals surface area contributed by atoms with Crippen molar-refractivity contribution in [3.05, 3.63) is 105 Å². The van der Waals surface area contributed by atoms with Crippen molar-refractivity contribution in [1.29, 1.82) is 0 Å². The second-order valence-corrected chi connectivity index (χ2v) is 21.2. The molecule has 5 aromatic rings. The molecule has 1 aromatic carbocycles. The van der Waals surface area contributed by atoms with E-state index in [1.54, 1.807) is 42.5 Å². The fourth-order valence-electron chi connectivity index (χ4n) is 12.6. The number of nitrogens with zero attached hydrogens (tertiary/aromatic N) is 9. The smallest absolute Gasteiger partial charge is 0.276 e. The molecule has 3 N–H and O–H groups in total. The maximum atomic E-state index is 14.0. The number of hydrogen-bond acceptors (Lipinski definition) is 14. The number of amides is 5. The van der Waals surface area contributed by atoms with E-state index in [-0.39, 0.29) is 71.9 Å². The number of pyridine rings is 3. The van der Waals surface area contributed by atoms with Gasteiger partial charge in [0.2, 0.25) is 11.8 Å². The first-order chi connectivity index (χ1) is 34.7. The molecule has 5 amide bonds. The molecule has 7 aliphatic rings. The summed E-state index contributed by atoms with van der Waals surface area (Å²) >= 11 is 0. The van der Waals surface area contributed by atoms with Crippen LogP contribution in [0.25, 0.3) is 11.1 Å². The molecule has 10 heterocycles. The van der Waals surface area contributed by atoms with Gasteiger partial charge in [0, 0.05) is 94.0 Å². The van der Waals surface area contributed by atoms with Crippen LogP contribution in [0, 0.1) is 5.41 Å². The second kappa shape index (κ2) is 18.1. The number of carbonyl (C=O) groups is 5. The average molecular weight is 1010 g/mol. The van der Waals surface area contributed by atoms with Gasteiger partial charge in [-0.15, -0.1) is 12.4 Å². The molecule has 1 aliphatic carbocycles. The summed E-state index contributed by atoms with van der Waals surface area (Å²) in [5.74, 6) is -1.01. The first-order valence-electron chi connectivity index (χ1n) is 25.0. The highest BCUT2D eigenvalue weighted by Gasteiger charge is 2.49. The molecule has 19 nitrogen and oxygen atoms in total. The molecule has 3 saturated heterocycles. The zero-order valence-electron chi connectivity index (χ0n) is 41.2. The number of benzene rings is 1. The van der Waals surface area contributed by atoms with Crippen LogP contribution in [0.5, 0.6) is 5.75 Å². The van der Waals surface area contributed by atoms with E-state index in [4.69, 9.17) is 9.72 Å². The van der Waals surface area contributed by atoms with Crippen LogP contribution >= 0.6 is 12.4 Å². The van der Waals surface area contributed by atoms with Gasteiger partial charge in [-0.3, -0.25) is 48.8 Å².